The fraction of sp³-hybridized carbons (Fsp3) is 0.917. The summed E-state index contributed by atoms with van der Waals surface area (Å²) in [6, 6.07) is -0.241. The molecule has 1 rings (SSSR count). The Labute approximate surface area is 106 Å². The van der Waals surface area contributed by atoms with Gasteiger partial charge in [-0.2, -0.15) is 13.2 Å². The molecular formula is C12H21F3N2O. The van der Waals surface area contributed by atoms with Gasteiger partial charge in [0.2, 0.25) is 5.91 Å². The van der Waals surface area contributed by atoms with Crippen LogP contribution in [0.2, 0.25) is 0 Å². The van der Waals surface area contributed by atoms with Gasteiger partial charge in [-0.1, -0.05) is 13.3 Å². The SMILES string of the molecule is CCC1CCNC(C(=O)NCCCC(F)(F)F)C1. The molecule has 2 atom stereocenters. The van der Waals surface area contributed by atoms with Crippen molar-refractivity contribution in [3.8, 4) is 0 Å². The van der Waals surface area contributed by atoms with E-state index in [2.05, 4.69) is 17.6 Å². The maximum absolute atomic E-state index is 11.9. The van der Waals surface area contributed by atoms with Crippen LogP contribution in [0, 0.1) is 5.92 Å². The van der Waals surface area contributed by atoms with E-state index in [1.165, 1.54) is 0 Å². The van der Waals surface area contributed by atoms with Gasteiger partial charge >= 0.3 is 6.18 Å². The third-order valence-corrected chi connectivity index (χ3v) is 3.34. The monoisotopic (exact) mass is 266 g/mol. The van der Waals surface area contributed by atoms with Gasteiger partial charge in [0, 0.05) is 13.0 Å². The summed E-state index contributed by atoms with van der Waals surface area (Å²) in [6.07, 6.45) is -2.15. The van der Waals surface area contributed by atoms with E-state index in [9.17, 15) is 18.0 Å². The van der Waals surface area contributed by atoms with Crippen molar-refractivity contribution in [2.24, 2.45) is 5.92 Å². The Morgan fingerprint density at radius 2 is 2.17 bits per heavy atom. The number of hydrogen-bond donors (Lipinski definition) is 2. The van der Waals surface area contributed by atoms with E-state index in [1.807, 2.05) is 0 Å². The van der Waals surface area contributed by atoms with E-state index < -0.39 is 12.6 Å². The van der Waals surface area contributed by atoms with Crippen molar-refractivity contribution >= 4 is 5.91 Å². The van der Waals surface area contributed by atoms with Crippen LogP contribution in [0.25, 0.3) is 0 Å². The number of alkyl halides is 3. The van der Waals surface area contributed by atoms with Crippen LogP contribution < -0.4 is 10.6 Å². The maximum atomic E-state index is 11.9. The van der Waals surface area contributed by atoms with Crippen LogP contribution >= 0.6 is 0 Å². The molecule has 2 N–H and O–H groups in total. The average Bonchev–Trinajstić information content (AvgIpc) is 2.33. The predicted molar refractivity (Wildman–Crippen MR) is 63.1 cm³/mol. The Morgan fingerprint density at radius 1 is 1.44 bits per heavy atom. The number of amides is 1. The van der Waals surface area contributed by atoms with Gasteiger partial charge in [-0.25, -0.2) is 0 Å². The highest BCUT2D eigenvalue weighted by atomic mass is 19.4. The second-order valence-corrected chi connectivity index (χ2v) is 4.82. The lowest BCUT2D eigenvalue weighted by Crippen LogP contribution is -2.48. The van der Waals surface area contributed by atoms with Crippen molar-refractivity contribution in [3.63, 3.8) is 0 Å². The number of carbonyl (C=O) groups excluding carboxylic acids is 1. The molecule has 3 nitrogen and oxygen atoms in total. The molecule has 0 aromatic carbocycles. The van der Waals surface area contributed by atoms with Gasteiger partial charge in [0.05, 0.1) is 6.04 Å². The summed E-state index contributed by atoms with van der Waals surface area (Å²) in [5.41, 5.74) is 0. The van der Waals surface area contributed by atoms with Crippen molar-refractivity contribution in [1.82, 2.24) is 10.6 Å². The molecule has 2 unspecified atom stereocenters. The second kappa shape index (κ2) is 6.97. The van der Waals surface area contributed by atoms with Gasteiger partial charge in [0.25, 0.3) is 0 Å². The number of carbonyl (C=O) groups is 1. The zero-order chi connectivity index (χ0) is 13.6. The van der Waals surface area contributed by atoms with E-state index in [-0.39, 0.29) is 24.9 Å². The summed E-state index contributed by atoms with van der Waals surface area (Å²) >= 11 is 0. The summed E-state index contributed by atoms with van der Waals surface area (Å²) in [6.45, 7) is 2.99. The lowest BCUT2D eigenvalue weighted by molar-refractivity contribution is -0.136. The first-order valence-electron chi connectivity index (χ1n) is 6.50. The van der Waals surface area contributed by atoms with E-state index >= 15 is 0 Å². The minimum atomic E-state index is -4.14. The summed E-state index contributed by atoms with van der Waals surface area (Å²) in [5, 5.41) is 5.67. The van der Waals surface area contributed by atoms with Gasteiger partial charge in [-0.3, -0.25) is 4.79 Å². The molecule has 0 aromatic rings. The molecule has 1 aliphatic rings. The van der Waals surface area contributed by atoms with Crippen molar-refractivity contribution < 1.29 is 18.0 Å². The first-order chi connectivity index (χ1) is 8.42. The van der Waals surface area contributed by atoms with Crippen LogP contribution in [0.5, 0.6) is 0 Å². The Kier molecular flexibility index (Phi) is 5.91. The van der Waals surface area contributed by atoms with Crippen LogP contribution in [0.4, 0.5) is 13.2 Å². The Bertz CT molecular complexity index is 269. The van der Waals surface area contributed by atoms with Crippen molar-refractivity contribution in [3.05, 3.63) is 0 Å². The first kappa shape index (κ1) is 15.3. The molecule has 0 bridgehead atoms. The van der Waals surface area contributed by atoms with Gasteiger partial charge in [0.1, 0.15) is 0 Å². The molecule has 0 saturated carbocycles. The number of nitrogens with one attached hydrogen (secondary N) is 2. The summed E-state index contributed by atoms with van der Waals surface area (Å²) < 4.78 is 35.7. The Morgan fingerprint density at radius 3 is 2.78 bits per heavy atom. The third-order valence-electron chi connectivity index (χ3n) is 3.34. The van der Waals surface area contributed by atoms with Crippen LogP contribution in [-0.4, -0.2) is 31.2 Å². The minimum absolute atomic E-state index is 0.0564. The molecular weight excluding hydrogens is 245 g/mol. The van der Waals surface area contributed by atoms with Crippen LogP contribution in [-0.2, 0) is 4.79 Å². The highest BCUT2D eigenvalue weighted by Crippen LogP contribution is 2.21. The molecule has 0 aromatic heterocycles. The smallest absolute Gasteiger partial charge is 0.355 e. The molecule has 106 valence electrons. The van der Waals surface area contributed by atoms with E-state index in [0.717, 1.165) is 25.8 Å². The molecule has 1 fully saturated rings. The standard InChI is InChI=1S/C12H21F3N2O/c1-2-9-4-7-16-10(8-9)11(18)17-6-3-5-12(13,14)15/h9-10,16H,2-8H2,1H3,(H,17,18). The van der Waals surface area contributed by atoms with Crippen LogP contribution in [0.1, 0.15) is 39.0 Å². The summed E-state index contributed by atoms with van der Waals surface area (Å²) in [5.74, 6) is 0.368. The zero-order valence-electron chi connectivity index (χ0n) is 10.6. The third kappa shape index (κ3) is 5.71. The fourth-order valence-electron chi connectivity index (χ4n) is 2.19. The largest absolute Gasteiger partial charge is 0.389 e. The van der Waals surface area contributed by atoms with Crippen molar-refractivity contribution in [1.29, 1.82) is 0 Å². The highest BCUT2D eigenvalue weighted by Gasteiger charge is 2.27. The molecule has 0 spiro atoms. The Hall–Kier alpha value is -0.780. The molecule has 6 heteroatoms. The highest BCUT2D eigenvalue weighted by molar-refractivity contribution is 5.81. The van der Waals surface area contributed by atoms with E-state index in [0.29, 0.717) is 5.92 Å². The van der Waals surface area contributed by atoms with Gasteiger partial charge in [0.15, 0.2) is 0 Å². The topological polar surface area (TPSA) is 41.1 Å². The molecule has 1 saturated heterocycles. The van der Waals surface area contributed by atoms with Gasteiger partial charge in [-0.15, -0.1) is 0 Å². The normalized spacial score (nSPS) is 24.9. The second-order valence-electron chi connectivity index (χ2n) is 4.82. The lowest BCUT2D eigenvalue weighted by Gasteiger charge is -2.28. The molecule has 1 heterocycles. The molecule has 1 aliphatic heterocycles. The molecule has 18 heavy (non-hydrogen) atoms. The van der Waals surface area contributed by atoms with Gasteiger partial charge in [-0.05, 0) is 31.7 Å². The van der Waals surface area contributed by atoms with Crippen LogP contribution in [0.15, 0.2) is 0 Å². The number of hydrogen-bond acceptors (Lipinski definition) is 2. The van der Waals surface area contributed by atoms with Crippen molar-refractivity contribution in [2.75, 3.05) is 13.1 Å². The maximum Gasteiger partial charge on any atom is 0.389 e. The first-order valence-corrected chi connectivity index (χ1v) is 6.50. The Balaban J connectivity index is 2.20. The molecule has 1 amide bonds. The quantitative estimate of drug-likeness (QED) is 0.749. The van der Waals surface area contributed by atoms with E-state index in [1.54, 1.807) is 0 Å². The fourth-order valence-corrected chi connectivity index (χ4v) is 2.19. The number of piperidine rings is 1. The molecule has 0 radical (unpaired) electrons. The summed E-state index contributed by atoms with van der Waals surface area (Å²) in [4.78, 5) is 11.7. The van der Waals surface area contributed by atoms with Gasteiger partial charge < -0.3 is 10.6 Å². The average molecular weight is 266 g/mol. The number of rotatable bonds is 5. The predicted octanol–water partition coefficient (Wildman–Crippen LogP) is 2.22. The van der Waals surface area contributed by atoms with Crippen molar-refractivity contribution in [2.45, 2.75) is 51.2 Å². The number of halogens is 3. The summed E-state index contributed by atoms with van der Waals surface area (Å²) in [7, 11) is 0. The van der Waals surface area contributed by atoms with Crippen LogP contribution in [0.3, 0.4) is 0 Å². The lowest BCUT2D eigenvalue weighted by atomic mass is 9.90. The zero-order valence-corrected chi connectivity index (χ0v) is 10.6. The minimum Gasteiger partial charge on any atom is -0.355 e. The van der Waals surface area contributed by atoms with E-state index in [4.69, 9.17) is 0 Å². The molecule has 0 aliphatic carbocycles.